The molecule has 0 unspecified atom stereocenters. The van der Waals surface area contributed by atoms with Crippen LogP contribution < -0.4 is 11.3 Å². The average Bonchev–Trinajstić information content (AvgIpc) is 2.23. The van der Waals surface area contributed by atoms with Crippen LogP contribution in [-0.2, 0) is 0 Å². The Bertz CT molecular complexity index is 595. The van der Waals surface area contributed by atoms with Crippen LogP contribution in [0.3, 0.4) is 0 Å². The normalized spacial score (nSPS) is 10.3. The minimum Gasteiger partial charge on any atom is -0.504 e. The predicted octanol–water partition coefficient (Wildman–Crippen LogP) is 1.28. The first-order valence-electron chi connectivity index (χ1n) is 4.42. The van der Waals surface area contributed by atoms with E-state index < -0.39 is 5.56 Å². The van der Waals surface area contributed by atoms with Crippen molar-refractivity contribution < 1.29 is 5.11 Å². The van der Waals surface area contributed by atoms with Crippen molar-refractivity contribution in [1.82, 2.24) is 9.78 Å². The lowest BCUT2D eigenvalue weighted by molar-refractivity contribution is 0.471. The van der Waals surface area contributed by atoms with Gasteiger partial charge in [-0.2, -0.15) is 4.68 Å². The van der Waals surface area contributed by atoms with E-state index in [9.17, 15) is 9.90 Å². The van der Waals surface area contributed by atoms with E-state index in [1.807, 2.05) is 6.07 Å². The molecule has 2 rings (SSSR count). The maximum Gasteiger partial charge on any atom is 0.275 e. The average molecular weight is 282 g/mol. The summed E-state index contributed by atoms with van der Waals surface area (Å²) in [5.74, 6) is -0.393. The number of nitrogens with zero attached hydrogens (tertiary/aromatic N) is 2. The number of nitrogen functional groups attached to an aromatic ring is 1. The number of hydrogen-bond acceptors (Lipinski definition) is 4. The fraction of sp³-hybridized carbons (Fsp3) is 0. The van der Waals surface area contributed by atoms with E-state index in [4.69, 9.17) is 5.73 Å². The highest BCUT2D eigenvalue weighted by atomic mass is 79.9. The van der Waals surface area contributed by atoms with Crippen LogP contribution >= 0.6 is 15.9 Å². The molecule has 1 heterocycles. The molecule has 3 N–H and O–H groups in total. The van der Waals surface area contributed by atoms with Gasteiger partial charge in [-0.15, -0.1) is 5.10 Å². The van der Waals surface area contributed by atoms with Crippen molar-refractivity contribution in [2.45, 2.75) is 0 Å². The lowest BCUT2D eigenvalue weighted by atomic mass is 10.3. The van der Waals surface area contributed by atoms with Gasteiger partial charge >= 0.3 is 0 Å². The summed E-state index contributed by atoms with van der Waals surface area (Å²) in [5, 5.41) is 13.0. The molecule has 0 atom stereocenters. The zero-order chi connectivity index (χ0) is 11.7. The highest BCUT2D eigenvalue weighted by molar-refractivity contribution is 9.10. The Labute approximate surface area is 99.3 Å². The molecule has 16 heavy (non-hydrogen) atoms. The van der Waals surface area contributed by atoms with Crippen molar-refractivity contribution in [3.63, 3.8) is 0 Å². The summed E-state index contributed by atoms with van der Waals surface area (Å²) in [7, 11) is 0. The molecule has 82 valence electrons. The van der Waals surface area contributed by atoms with E-state index >= 15 is 0 Å². The monoisotopic (exact) mass is 281 g/mol. The van der Waals surface area contributed by atoms with Gasteiger partial charge in [-0.25, -0.2) is 0 Å². The summed E-state index contributed by atoms with van der Waals surface area (Å²) in [4.78, 5) is 11.6. The van der Waals surface area contributed by atoms with Crippen LogP contribution in [0.1, 0.15) is 0 Å². The molecule has 0 aliphatic heterocycles. The number of halogens is 1. The third-order valence-electron chi connectivity index (χ3n) is 1.99. The van der Waals surface area contributed by atoms with Gasteiger partial charge in [-0.05, 0) is 18.2 Å². The second-order valence-electron chi connectivity index (χ2n) is 3.14. The van der Waals surface area contributed by atoms with Crippen LogP contribution in [0.25, 0.3) is 5.69 Å². The van der Waals surface area contributed by atoms with Gasteiger partial charge in [0.1, 0.15) is 0 Å². The zero-order valence-electron chi connectivity index (χ0n) is 8.09. The van der Waals surface area contributed by atoms with Gasteiger partial charge in [0.05, 0.1) is 11.8 Å². The molecule has 0 radical (unpaired) electrons. The van der Waals surface area contributed by atoms with Gasteiger partial charge in [0.25, 0.3) is 5.56 Å². The van der Waals surface area contributed by atoms with E-state index in [-0.39, 0.29) is 11.6 Å². The molecule has 5 nitrogen and oxygen atoms in total. The molecule has 0 fully saturated rings. The van der Waals surface area contributed by atoms with Gasteiger partial charge in [0, 0.05) is 4.47 Å². The Balaban J connectivity index is 2.65. The van der Waals surface area contributed by atoms with Crippen LogP contribution in [0.2, 0.25) is 0 Å². The summed E-state index contributed by atoms with van der Waals surface area (Å²) in [5.41, 5.74) is 5.57. The third kappa shape index (κ3) is 1.92. The first-order chi connectivity index (χ1) is 7.58. The SMILES string of the molecule is Nc1nn(-c2cccc(Br)c2)c(=O)cc1O. The highest BCUT2D eigenvalue weighted by Gasteiger charge is 2.06. The summed E-state index contributed by atoms with van der Waals surface area (Å²) >= 11 is 3.29. The molecule has 0 saturated heterocycles. The molecule has 0 aliphatic carbocycles. The molecule has 0 bridgehead atoms. The van der Waals surface area contributed by atoms with Crippen LogP contribution in [0.5, 0.6) is 5.75 Å². The minimum atomic E-state index is -0.440. The number of rotatable bonds is 1. The van der Waals surface area contributed by atoms with Crippen molar-refractivity contribution in [1.29, 1.82) is 0 Å². The zero-order valence-corrected chi connectivity index (χ0v) is 9.68. The Morgan fingerprint density at radius 2 is 2.12 bits per heavy atom. The lowest BCUT2D eigenvalue weighted by Crippen LogP contribution is -2.21. The molecule has 2 aromatic rings. The fourth-order valence-corrected chi connectivity index (χ4v) is 1.64. The maximum absolute atomic E-state index is 11.6. The molecule has 0 aliphatic rings. The molecule has 1 aromatic heterocycles. The molecule has 1 aromatic carbocycles. The van der Waals surface area contributed by atoms with Gasteiger partial charge in [0.15, 0.2) is 11.6 Å². The van der Waals surface area contributed by atoms with E-state index in [1.165, 1.54) is 0 Å². The number of anilines is 1. The fourth-order valence-electron chi connectivity index (χ4n) is 1.25. The molecular formula is C10H8BrN3O2. The van der Waals surface area contributed by atoms with Crippen molar-refractivity contribution in [3.05, 3.63) is 45.2 Å². The number of benzene rings is 1. The van der Waals surface area contributed by atoms with E-state index in [0.29, 0.717) is 5.69 Å². The number of hydrogen-bond donors (Lipinski definition) is 2. The standard InChI is InChI=1S/C10H8BrN3O2/c11-6-2-1-3-7(4-6)14-9(16)5-8(15)10(12)13-14/h1-5,15H,(H2,12,13). The van der Waals surface area contributed by atoms with Crippen molar-refractivity contribution in [2.24, 2.45) is 0 Å². The van der Waals surface area contributed by atoms with Crippen LogP contribution in [0, 0.1) is 0 Å². The quantitative estimate of drug-likeness (QED) is 0.825. The topological polar surface area (TPSA) is 81.1 Å². The number of aromatic nitrogens is 2. The largest absolute Gasteiger partial charge is 0.504 e. The Kier molecular flexibility index (Phi) is 2.66. The van der Waals surface area contributed by atoms with Crippen LogP contribution in [0.4, 0.5) is 5.82 Å². The van der Waals surface area contributed by atoms with E-state index in [0.717, 1.165) is 15.2 Å². The summed E-state index contributed by atoms with van der Waals surface area (Å²) < 4.78 is 1.95. The van der Waals surface area contributed by atoms with E-state index in [1.54, 1.807) is 18.2 Å². The summed E-state index contributed by atoms with van der Waals surface area (Å²) in [6.07, 6.45) is 0. The van der Waals surface area contributed by atoms with Crippen LogP contribution in [0.15, 0.2) is 39.6 Å². The summed E-state index contributed by atoms with van der Waals surface area (Å²) in [6.45, 7) is 0. The first-order valence-corrected chi connectivity index (χ1v) is 5.22. The predicted molar refractivity (Wildman–Crippen MR) is 63.6 cm³/mol. The van der Waals surface area contributed by atoms with E-state index in [2.05, 4.69) is 21.0 Å². The maximum atomic E-state index is 11.6. The number of aromatic hydroxyl groups is 1. The molecule has 0 saturated carbocycles. The van der Waals surface area contributed by atoms with Crippen molar-refractivity contribution in [2.75, 3.05) is 5.73 Å². The molecule has 0 amide bonds. The van der Waals surface area contributed by atoms with Gasteiger partial charge < -0.3 is 10.8 Å². The lowest BCUT2D eigenvalue weighted by Gasteiger charge is -2.06. The smallest absolute Gasteiger partial charge is 0.275 e. The van der Waals surface area contributed by atoms with Crippen molar-refractivity contribution >= 4 is 21.7 Å². The van der Waals surface area contributed by atoms with Crippen molar-refractivity contribution in [3.8, 4) is 11.4 Å². The first kappa shape index (κ1) is 10.7. The van der Waals surface area contributed by atoms with Crippen LogP contribution in [-0.4, -0.2) is 14.9 Å². The Morgan fingerprint density at radius 3 is 2.81 bits per heavy atom. The highest BCUT2D eigenvalue weighted by Crippen LogP contribution is 2.16. The summed E-state index contributed by atoms with van der Waals surface area (Å²) in [6, 6.07) is 8.08. The molecular weight excluding hydrogens is 274 g/mol. The molecule has 0 spiro atoms. The second kappa shape index (κ2) is 3.97. The Morgan fingerprint density at radius 1 is 1.38 bits per heavy atom. The van der Waals surface area contributed by atoms with Gasteiger partial charge in [-0.1, -0.05) is 22.0 Å². The third-order valence-corrected chi connectivity index (χ3v) is 2.49. The molecule has 6 heteroatoms. The second-order valence-corrected chi connectivity index (χ2v) is 4.06. The minimum absolute atomic E-state index is 0.0837. The number of nitrogens with two attached hydrogens (primary N) is 1. The van der Waals surface area contributed by atoms with Gasteiger partial charge in [-0.3, -0.25) is 4.79 Å². The Hall–Kier alpha value is -1.82. The van der Waals surface area contributed by atoms with Gasteiger partial charge in [0.2, 0.25) is 0 Å².